The summed E-state index contributed by atoms with van der Waals surface area (Å²) in [5.74, 6) is -0.567. The Kier molecular flexibility index (Phi) is 5.92. The average molecular weight is 327 g/mol. The van der Waals surface area contributed by atoms with Crippen molar-refractivity contribution in [2.45, 2.75) is 6.92 Å². The van der Waals surface area contributed by atoms with Crippen molar-refractivity contribution in [3.05, 3.63) is 29.8 Å². The Bertz CT molecular complexity index is 639. The van der Waals surface area contributed by atoms with Crippen LogP contribution in [-0.2, 0) is 14.8 Å². The Labute approximate surface area is 131 Å². The number of hydrogen-bond donors (Lipinski definition) is 1. The summed E-state index contributed by atoms with van der Waals surface area (Å²) in [6.45, 7) is 1.88. The molecule has 0 aliphatic heterocycles. The van der Waals surface area contributed by atoms with Crippen LogP contribution in [0.25, 0.3) is 0 Å². The second-order valence-electron chi connectivity index (χ2n) is 4.97. The molecular weight excluding hydrogens is 306 g/mol. The van der Waals surface area contributed by atoms with Crippen LogP contribution in [0, 0.1) is 0 Å². The van der Waals surface area contributed by atoms with Gasteiger partial charge in [-0.15, -0.1) is 0 Å². The summed E-state index contributed by atoms with van der Waals surface area (Å²) in [5, 5.41) is 2.56. The second-order valence-corrected chi connectivity index (χ2v) is 6.88. The molecule has 0 radical (unpaired) electrons. The summed E-state index contributed by atoms with van der Waals surface area (Å²) >= 11 is 0. The molecule has 0 aliphatic carbocycles. The van der Waals surface area contributed by atoms with Crippen molar-refractivity contribution in [2.75, 3.05) is 37.7 Å². The summed E-state index contributed by atoms with van der Waals surface area (Å²) in [7, 11) is -0.337. The van der Waals surface area contributed by atoms with E-state index in [0.29, 0.717) is 17.8 Å². The lowest BCUT2D eigenvalue weighted by atomic mass is 10.2. The highest BCUT2D eigenvalue weighted by atomic mass is 32.2. The van der Waals surface area contributed by atoms with Crippen LogP contribution >= 0.6 is 0 Å². The zero-order valence-corrected chi connectivity index (χ0v) is 14.0. The minimum atomic E-state index is -3.60. The number of nitrogens with zero attached hydrogens (tertiary/aromatic N) is 2. The smallest absolute Gasteiger partial charge is 0.253 e. The topological polar surface area (TPSA) is 86.8 Å². The van der Waals surface area contributed by atoms with Gasteiger partial charge in [-0.3, -0.25) is 13.9 Å². The third kappa shape index (κ3) is 4.73. The molecule has 0 heterocycles. The van der Waals surface area contributed by atoms with Crippen molar-refractivity contribution in [3.63, 3.8) is 0 Å². The summed E-state index contributed by atoms with van der Waals surface area (Å²) in [5.41, 5.74) is 0.782. The van der Waals surface area contributed by atoms with E-state index in [4.69, 9.17) is 0 Å². The molecule has 0 saturated heterocycles. The van der Waals surface area contributed by atoms with Crippen LogP contribution < -0.4 is 9.62 Å². The maximum atomic E-state index is 11.9. The minimum Gasteiger partial charge on any atom is -0.355 e. The van der Waals surface area contributed by atoms with E-state index in [-0.39, 0.29) is 18.4 Å². The van der Waals surface area contributed by atoms with Crippen LogP contribution in [0.3, 0.4) is 0 Å². The Morgan fingerprint density at radius 2 is 1.68 bits per heavy atom. The largest absolute Gasteiger partial charge is 0.355 e. The van der Waals surface area contributed by atoms with Gasteiger partial charge in [-0.1, -0.05) is 0 Å². The van der Waals surface area contributed by atoms with Crippen LogP contribution in [-0.4, -0.2) is 58.6 Å². The van der Waals surface area contributed by atoms with E-state index in [1.54, 1.807) is 21.0 Å². The second kappa shape index (κ2) is 7.26. The monoisotopic (exact) mass is 327 g/mol. The van der Waals surface area contributed by atoms with Gasteiger partial charge in [0.1, 0.15) is 6.54 Å². The lowest BCUT2D eigenvalue weighted by Crippen LogP contribution is -2.40. The van der Waals surface area contributed by atoms with Crippen molar-refractivity contribution >= 4 is 27.5 Å². The number of rotatable bonds is 6. The first-order valence-electron chi connectivity index (χ1n) is 6.73. The highest BCUT2D eigenvalue weighted by Crippen LogP contribution is 2.18. The van der Waals surface area contributed by atoms with Gasteiger partial charge in [0.2, 0.25) is 15.9 Å². The normalized spacial score (nSPS) is 10.9. The van der Waals surface area contributed by atoms with Gasteiger partial charge in [-0.05, 0) is 31.2 Å². The van der Waals surface area contributed by atoms with Crippen LogP contribution in [0.2, 0.25) is 0 Å². The number of benzene rings is 1. The highest BCUT2D eigenvalue weighted by molar-refractivity contribution is 7.92. The maximum absolute atomic E-state index is 11.9. The van der Waals surface area contributed by atoms with Crippen molar-refractivity contribution in [1.82, 2.24) is 10.2 Å². The molecule has 122 valence electrons. The highest BCUT2D eigenvalue weighted by Gasteiger charge is 2.21. The third-order valence-electron chi connectivity index (χ3n) is 2.87. The molecule has 0 aliphatic rings. The molecule has 0 atom stereocenters. The first-order chi connectivity index (χ1) is 10.2. The van der Waals surface area contributed by atoms with Crippen molar-refractivity contribution in [3.8, 4) is 0 Å². The fraction of sp³-hybridized carbons (Fsp3) is 0.429. The van der Waals surface area contributed by atoms with Gasteiger partial charge in [-0.25, -0.2) is 8.42 Å². The number of nitrogens with one attached hydrogen (secondary N) is 1. The third-order valence-corrected chi connectivity index (χ3v) is 4.01. The zero-order chi connectivity index (χ0) is 16.9. The average Bonchev–Trinajstić information content (AvgIpc) is 2.43. The quantitative estimate of drug-likeness (QED) is 0.813. The Morgan fingerprint density at radius 1 is 1.14 bits per heavy atom. The van der Waals surface area contributed by atoms with Gasteiger partial charge < -0.3 is 10.2 Å². The summed E-state index contributed by atoms with van der Waals surface area (Å²) < 4.78 is 24.7. The van der Waals surface area contributed by atoms with Crippen LogP contribution in [0.1, 0.15) is 17.3 Å². The lowest BCUT2D eigenvalue weighted by Gasteiger charge is -2.22. The van der Waals surface area contributed by atoms with Gasteiger partial charge in [0, 0.05) is 26.2 Å². The van der Waals surface area contributed by atoms with Gasteiger partial charge in [-0.2, -0.15) is 0 Å². The van der Waals surface area contributed by atoms with Crippen molar-refractivity contribution < 1.29 is 18.0 Å². The van der Waals surface area contributed by atoms with E-state index in [2.05, 4.69) is 5.32 Å². The molecular formula is C14H21N3O4S. The molecule has 0 spiro atoms. The number of carbonyl (C=O) groups excluding carboxylic acids is 2. The van der Waals surface area contributed by atoms with E-state index < -0.39 is 10.0 Å². The van der Waals surface area contributed by atoms with E-state index in [1.165, 1.54) is 29.2 Å². The standard InChI is InChI=1S/C14H21N3O4S/c1-5-15-13(18)10-17(22(4,20)21)12-8-6-11(7-9-12)14(19)16(2)3/h6-9H,5,10H2,1-4H3,(H,15,18). The number of likely N-dealkylation sites (N-methyl/N-ethyl adjacent to an activating group) is 1. The van der Waals surface area contributed by atoms with Gasteiger partial charge in [0.25, 0.3) is 5.91 Å². The fourth-order valence-corrected chi connectivity index (χ4v) is 2.67. The molecule has 0 unspecified atom stereocenters. The lowest BCUT2D eigenvalue weighted by molar-refractivity contribution is -0.119. The number of hydrogen-bond acceptors (Lipinski definition) is 4. The number of amides is 2. The molecule has 2 amide bonds. The molecule has 1 N–H and O–H groups in total. The first kappa shape index (κ1) is 18.0. The van der Waals surface area contributed by atoms with Crippen LogP contribution in [0.15, 0.2) is 24.3 Å². The van der Waals surface area contributed by atoms with E-state index >= 15 is 0 Å². The molecule has 8 heteroatoms. The zero-order valence-electron chi connectivity index (χ0n) is 13.2. The van der Waals surface area contributed by atoms with Gasteiger partial charge >= 0.3 is 0 Å². The van der Waals surface area contributed by atoms with Gasteiger partial charge in [0.05, 0.1) is 11.9 Å². The van der Waals surface area contributed by atoms with Crippen LogP contribution in [0.4, 0.5) is 5.69 Å². The summed E-state index contributed by atoms with van der Waals surface area (Å²) in [4.78, 5) is 24.9. The minimum absolute atomic E-state index is 0.179. The molecule has 1 aromatic carbocycles. The van der Waals surface area contributed by atoms with E-state index in [9.17, 15) is 18.0 Å². The molecule has 0 fully saturated rings. The van der Waals surface area contributed by atoms with Gasteiger partial charge in [0.15, 0.2) is 0 Å². The predicted octanol–water partition coefficient (Wildman–Crippen LogP) is 0.291. The SMILES string of the molecule is CCNC(=O)CN(c1ccc(C(=O)N(C)C)cc1)S(C)(=O)=O. The number of sulfonamides is 1. The van der Waals surface area contributed by atoms with E-state index in [1.807, 2.05) is 0 Å². The molecule has 22 heavy (non-hydrogen) atoms. The molecule has 0 aromatic heterocycles. The molecule has 1 rings (SSSR count). The predicted molar refractivity (Wildman–Crippen MR) is 85.3 cm³/mol. The Balaban J connectivity index is 3.06. The first-order valence-corrected chi connectivity index (χ1v) is 8.57. The van der Waals surface area contributed by atoms with Crippen molar-refractivity contribution in [1.29, 1.82) is 0 Å². The maximum Gasteiger partial charge on any atom is 0.253 e. The Hall–Kier alpha value is -2.09. The summed E-state index contributed by atoms with van der Waals surface area (Å²) in [6.07, 6.45) is 1.03. The van der Waals surface area contributed by atoms with E-state index in [0.717, 1.165) is 10.6 Å². The molecule has 1 aromatic rings. The number of carbonyl (C=O) groups is 2. The fourth-order valence-electron chi connectivity index (χ4n) is 1.81. The van der Waals surface area contributed by atoms with Crippen molar-refractivity contribution in [2.24, 2.45) is 0 Å². The molecule has 0 bridgehead atoms. The number of anilines is 1. The van der Waals surface area contributed by atoms with Crippen LogP contribution in [0.5, 0.6) is 0 Å². The Morgan fingerprint density at radius 3 is 2.09 bits per heavy atom. The molecule has 0 saturated carbocycles. The molecule has 7 nitrogen and oxygen atoms in total. The summed E-state index contributed by atoms with van der Waals surface area (Å²) in [6, 6.07) is 6.09.